The molecule has 0 amide bonds. The second kappa shape index (κ2) is 5.35. The molecule has 0 N–H and O–H groups in total. The topological polar surface area (TPSA) is 51.6 Å². The molecule has 6 rings (SSSR count). The van der Waals surface area contributed by atoms with Crippen molar-refractivity contribution in [3.05, 3.63) is 73.8 Å². The normalized spacial score (nSPS) is 11.8. The summed E-state index contributed by atoms with van der Waals surface area (Å²) in [6, 6.07) is 8.54. The van der Waals surface area contributed by atoms with E-state index in [-0.39, 0.29) is 0 Å². The Morgan fingerprint density at radius 2 is 0.692 bits per heavy atom. The lowest BCUT2D eigenvalue weighted by Gasteiger charge is -2.04. The van der Waals surface area contributed by atoms with E-state index in [4.69, 9.17) is 0 Å². The van der Waals surface area contributed by atoms with Gasteiger partial charge in [-0.15, -0.1) is 0 Å². The molecule has 0 radical (unpaired) electrons. The number of rotatable bonds is 1. The van der Waals surface area contributed by atoms with Crippen molar-refractivity contribution in [2.75, 3.05) is 0 Å². The van der Waals surface area contributed by atoms with Crippen LogP contribution in [0, 0.1) is 0 Å². The number of hydrogen-bond acceptors (Lipinski definition) is 4. The van der Waals surface area contributed by atoms with Crippen LogP contribution in [0.2, 0.25) is 0 Å². The fraction of sp³-hybridized carbons (Fsp3) is 0. The summed E-state index contributed by atoms with van der Waals surface area (Å²) in [6.45, 7) is 0. The summed E-state index contributed by atoms with van der Waals surface area (Å²) in [7, 11) is -1.18. The number of pyridine rings is 4. The molecular formula is C20H12N4P2. The maximum Gasteiger partial charge on any atom is 0.0392 e. The van der Waals surface area contributed by atoms with E-state index in [9.17, 15) is 0 Å². The number of hydrogen-bond donors (Lipinski definition) is 0. The van der Waals surface area contributed by atoms with Gasteiger partial charge in [0.25, 0.3) is 0 Å². The number of aromatic nitrogens is 4. The molecule has 0 unspecified atom stereocenters. The average Bonchev–Trinajstić information content (AvgIpc) is 3.21. The van der Waals surface area contributed by atoms with Crippen LogP contribution in [0.15, 0.2) is 73.8 Å². The van der Waals surface area contributed by atoms with Crippen molar-refractivity contribution in [2.45, 2.75) is 0 Å². The third-order valence-electron chi connectivity index (χ3n) is 4.89. The zero-order valence-electron chi connectivity index (χ0n) is 13.6. The Hall–Kier alpha value is -2.80. The van der Waals surface area contributed by atoms with Crippen molar-refractivity contribution in [1.29, 1.82) is 0 Å². The molecule has 122 valence electrons. The van der Waals surface area contributed by atoms with Gasteiger partial charge in [-0.1, -0.05) is 14.4 Å². The summed E-state index contributed by atoms with van der Waals surface area (Å²) in [4.78, 5) is 17.8. The molecule has 0 spiro atoms. The molecule has 6 heteroatoms. The van der Waals surface area contributed by atoms with Crippen LogP contribution >= 0.6 is 14.4 Å². The predicted molar refractivity (Wildman–Crippen MR) is 110 cm³/mol. The van der Waals surface area contributed by atoms with Crippen LogP contribution < -0.4 is 0 Å². The molecular weight excluding hydrogens is 358 g/mol. The first kappa shape index (κ1) is 14.4. The fourth-order valence-corrected chi connectivity index (χ4v) is 12.1. The monoisotopic (exact) mass is 370 g/mol. The molecule has 0 saturated heterocycles. The van der Waals surface area contributed by atoms with Crippen molar-refractivity contribution in [3.8, 4) is 0 Å². The van der Waals surface area contributed by atoms with Crippen LogP contribution in [-0.4, -0.2) is 19.9 Å². The van der Waals surface area contributed by atoms with Crippen molar-refractivity contribution in [1.82, 2.24) is 19.9 Å². The van der Waals surface area contributed by atoms with Crippen molar-refractivity contribution in [3.63, 3.8) is 0 Å². The van der Waals surface area contributed by atoms with Gasteiger partial charge in [0.2, 0.25) is 0 Å². The lowest BCUT2D eigenvalue weighted by molar-refractivity contribution is 1.37. The van der Waals surface area contributed by atoms with Gasteiger partial charge >= 0.3 is 0 Å². The molecule has 0 aliphatic heterocycles. The minimum Gasteiger partial charge on any atom is -0.264 e. The van der Waals surface area contributed by atoms with Crippen LogP contribution in [0.1, 0.15) is 0 Å². The predicted octanol–water partition coefficient (Wildman–Crippen LogP) is 6.16. The standard InChI is InChI=1S/C20H12N4P2/c1-5-21-9-17-13(1)14-2-6-22-10-18(14)25(17)26-19-11-23-7-3-15(19)16-4-8-24-12-20(16)26/h1-12H. The van der Waals surface area contributed by atoms with Crippen LogP contribution in [0.25, 0.3) is 42.0 Å². The summed E-state index contributed by atoms with van der Waals surface area (Å²) in [5, 5.41) is 10.6. The molecule has 4 nitrogen and oxygen atoms in total. The van der Waals surface area contributed by atoms with Crippen LogP contribution in [-0.2, 0) is 0 Å². The first-order valence-electron chi connectivity index (χ1n) is 8.30. The van der Waals surface area contributed by atoms with Crippen LogP contribution in [0.5, 0.6) is 0 Å². The number of nitrogens with zero attached hydrogens (tertiary/aromatic N) is 4. The van der Waals surface area contributed by atoms with Gasteiger partial charge in [-0.25, -0.2) is 0 Å². The Kier molecular flexibility index (Phi) is 2.96. The summed E-state index contributed by atoms with van der Waals surface area (Å²) in [5.41, 5.74) is 0. The van der Waals surface area contributed by atoms with E-state index in [1.54, 1.807) is 0 Å². The Bertz CT molecular complexity index is 1230. The largest absolute Gasteiger partial charge is 0.264 e. The summed E-state index contributed by atoms with van der Waals surface area (Å²) >= 11 is 0. The minimum absolute atomic E-state index is 0.591. The molecule has 0 atom stereocenters. The van der Waals surface area contributed by atoms with Gasteiger partial charge in [0.05, 0.1) is 0 Å². The molecule has 0 saturated carbocycles. The quantitative estimate of drug-likeness (QED) is 0.348. The maximum absolute atomic E-state index is 4.45. The molecule has 6 aromatic rings. The SMILES string of the molecule is c1cc2c3ccncc3p(-p3c4cnccc4c4ccncc43)c2cn1. The van der Waals surface area contributed by atoms with Gasteiger partial charge in [-0.3, -0.25) is 19.9 Å². The van der Waals surface area contributed by atoms with Crippen molar-refractivity contribution in [2.24, 2.45) is 0 Å². The fourth-order valence-electron chi connectivity index (χ4n) is 3.82. The van der Waals surface area contributed by atoms with E-state index in [1.165, 1.54) is 42.0 Å². The Balaban J connectivity index is 1.93. The van der Waals surface area contributed by atoms with Gasteiger partial charge in [0, 0.05) is 70.0 Å². The first-order valence-corrected chi connectivity index (χ1v) is 11.7. The smallest absolute Gasteiger partial charge is 0.0392 e. The van der Waals surface area contributed by atoms with Gasteiger partial charge in [-0.2, -0.15) is 0 Å². The zero-order valence-corrected chi connectivity index (χ0v) is 15.4. The molecule has 0 bridgehead atoms. The van der Waals surface area contributed by atoms with E-state index >= 15 is 0 Å². The molecule has 26 heavy (non-hydrogen) atoms. The minimum atomic E-state index is -0.591. The van der Waals surface area contributed by atoms with Gasteiger partial charge < -0.3 is 0 Å². The first-order chi connectivity index (χ1) is 12.9. The highest BCUT2D eigenvalue weighted by atomic mass is 32.0. The highest BCUT2D eigenvalue weighted by Crippen LogP contribution is 2.71. The highest BCUT2D eigenvalue weighted by Gasteiger charge is 2.19. The van der Waals surface area contributed by atoms with Gasteiger partial charge in [-0.05, 0) is 45.8 Å². The van der Waals surface area contributed by atoms with E-state index in [1.807, 2.05) is 49.6 Å². The average molecular weight is 370 g/mol. The second-order valence-corrected chi connectivity index (χ2v) is 11.8. The van der Waals surface area contributed by atoms with E-state index < -0.39 is 14.4 Å². The molecule has 0 aliphatic rings. The summed E-state index contributed by atoms with van der Waals surface area (Å²) in [5.74, 6) is 0. The zero-order chi connectivity index (χ0) is 17.1. The number of fused-ring (bicyclic) bond motifs is 6. The Labute approximate surface area is 150 Å². The highest BCUT2D eigenvalue weighted by molar-refractivity contribution is 8.29. The van der Waals surface area contributed by atoms with E-state index in [0.29, 0.717) is 0 Å². The molecule has 0 fully saturated rings. The third kappa shape index (κ3) is 1.81. The molecule has 0 aromatic carbocycles. The Morgan fingerprint density at radius 3 is 0.962 bits per heavy atom. The lowest BCUT2D eigenvalue weighted by Crippen LogP contribution is -1.69. The van der Waals surface area contributed by atoms with E-state index in [2.05, 4.69) is 44.2 Å². The third-order valence-corrected chi connectivity index (χ3v) is 12.3. The molecule has 6 heterocycles. The second-order valence-electron chi connectivity index (χ2n) is 6.19. The maximum atomic E-state index is 4.45. The molecule has 6 aromatic heterocycles. The molecule has 0 aliphatic carbocycles. The van der Waals surface area contributed by atoms with Crippen LogP contribution in [0.3, 0.4) is 0 Å². The van der Waals surface area contributed by atoms with Gasteiger partial charge in [0.15, 0.2) is 0 Å². The van der Waals surface area contributed by atoms with E-state index in [0.717, 1.165) is 0 Å². The lowest BCUT2D eigenvalue weighted by atomic mass is 10.2. The van der Waals surface area contributed by atoms with Crippen LogP contribution in [0.4, 0.5) is 0 Å². The summed E-state index contributed by atoms with van der Waals surface area (Å²) < 4.78 is 0. The van der Waals surface area contributed by atoms with Gasteiger partial charge in [0.1, 0.15) is 0 Å². The van der Waals surface area contributed by atoms with Crippen molar-refractivity contribution < 1.29 is 0 Å². The van der Waals surface area contributed by atoms with Crippen molar-refractivity contribution >= 4 is 56.5 Å². The Morgan fingerprint density at radius 1 is 0.423 bits per heavy atom. The summed E-state index contributed by atoms with van der Waals surface area (Å²) in [6.07, 6.45) is 15.7.